The van der Waals surface area contributed by atoms with Gasteiger partial charge < -0.3 is 4.74 Å². The molecule has 0 spiro atoms. The van der Waals surface area contributed by atoms with E-state index in [4.69, 9.17) is 4.74 Å². The van der Waals surface area contributed by atoms with Gasteiger partial charge in [-0.15, -0.1) is 0 Å². The van der Waals surface area contributed by atoms with E-state index in [9.17, 15) is 9.59 Å². The molecule has 1 aromatic heterocycles. The summed E-state index contributed by atoms with van der Waals surface area (Å²) < 4.78 is 6.73. The molecule has 0 aliphatic rings. The number of ether oxygens (including phenoxy) is 1. The van der Waals surface area contributed by atoms with Crippen molar-refractivity contribution in [1.29, 1.82) is 0 Å². The highest BCUT2D eigenvalue weighted by Gasteiger charge is 2.19. The SMILES string of the molecule is Cc1ccc(OC(=O)c2nn(C(C)C)c(=O)c3ccccc23)cc1. The van der Waals surface area contributed by atoms with Crippen molar-refractivity contribution in [2.45, 2.75) is 26.8 Å². The highest BCUT2D eigenvalue weighted by atomic mass is 16.5. The van der Waals surface area contributed by atoms with Gasteiger partial charge in [0.1, 0.15) is 5.75 Å². The summed E-state index contributed by atoms with van der Waals surface area (Å²) in [7, 11) is 0. The second-order valence-corrected chi connectivity index (χ2v) is 5.94. The molecule has 0 amide bonds. The van der Waals surface area contributed by atoms with Crippen LogP contribution in [0.4, 0.5) is 0 Å². The molecule has 0 atom stereocenters. The quantitative estimate of drug-likeness (QED) is 0.547. The van der Waals surface area contributed by atoms with Crippen molar-refractivity contribution in [3.05, 3.63) is 70.1 Å². The molecule has 122 valence electrons. The Kier molecular flexibility index (Phi) is 4.16. The number of fused-ring (bicyclic) bond motifs is 1. The first-order valence-corrected chi connectivity index (χ1v) is 7.78. The maximum atomic E-state index is 12.6. The topological polar surface area (TPSA) is 61.2 Å². The predicted molar refractivity (Wildman–Crippen MR) is 92.5 cm³/mol. The van der Waals surface area contributed by atoms with Crippen molar-refractivity contribution >= 4 is 16.7 Å². The molecule has 0 fully saturated rings. The Balaban J connectivity index is 2.10. The van der Waals surface area contributed by atoms with E-state index in [1.54, 1.807) is 36.4 Å². The highest BCUT2D eigenvalue weighted by Crippen LogP contribution is 2.18. The normalized spacial score (nSPS) is 11.0. The lowest BCUT2D eigenvalue weighted by molar-refractivity contribution is 0.0727. The van der Waals surface area contributed by atoms with Crippen molar-refractivity contribution in [3.8, 4) is 5.75 Å². The minimum absolute atomic E-state index is 0.138. The van der Waals surface area contributed by atoms with E-state index in [-0.39, 0.29) is 17.3 Å². The first kappa shape index (κ1) is 15.9. The third-order valence-corrected chi connectivity index (χ3v) is 3.74. The molecule has 0 radical (unpaired) electrons. The molecular formula is C19H18N2O3. The van der Waals surface area contributed by atoms with Crippen LogP contribution in [0.3, 0.4) is 0 Å². The molecule has 24 heavy (non-hydrogen) atoms. The molecule has 0 bridgehead atoms. The van der Waals surface area contributed by atoms with Crippen molar-refractivity contribution in [2.24, 2.45) is 0 Å². The van der Waals surface area contributed by atoms with Crippen LogP contribution in [0.1, 0.15) is 35.9 Å². The Morgan fingerprint density at radius 1 is 1.04 bits per heavy atom. The van der Waals surface area contributed by atoms with Crippen LogP contribution in [0.25, 0.3) is 10.8 Å². The van der Waals surface area contributed by atoms with E-state index in [0.717, 1.165) is 5.56 Å². The third kappa shape index (κ3) is 2.93. The first-order chi connectivity index (χ1) is 11.5. The predicted octanol–water partition coefficient (Wildman–Crippen LogP) is 3.51. The molecule has 3 aromatic rings. The molecule has 0 unspecified atom stereocenters. The number of aromatic nitrogens is 2. The van der Waals surface area contributed by atoms with Gasteiger partial charge in [-0.3, -0.25) is 4.79 Å². The van der Waals surface area contributed by atoms with Gasteiger partial charge in [-0.2, -0.15) is 5.10 Å². The van der Waals surface area contributed by atoms with E-state index in [2.05, 4.69) is 5.10 Å². The fraction of sp³-hybridized carbons (Fsp3) is 0.211. The second kappa shape index (κ2) is 6.28. The second-order valence-electron chi connectivity index (χ2n) is 5.94. The maximum absolute atomic E-state index is 12.6. The van der Waals surface area contributed by atoms with Gasteiger partial charge in [0, 0.05) is 5.39 Å². The average Bonchev–Trinajstić information content (AvgIpc) is 2.57. The summed E-state index contributed by atoms with van der Waals surface area (Å²) in [4.78, 5) is 25.1. The monoisotopic (exact) mass is 322 g/mol. The Bertz CT molecular complexity index is 957. The van der Waals surface area contributed by atoms with Gasteiger partial charge in [-0.05, 0) is 39.0 Å². The number of aryl methyl sites for hydroxylation is 1. The van der Waals surface area contributed by atoms with Crippen LogP contribution in [0.5, 0.6) is 5.75 Å². The maximum Gasteiger partial charge on any atom is 0.364 e. The summed E-state index contributed by atoms with van der Waals surface area (Å²) in [6.45, 7) is 5.65. The van der Waals surface area contributed by atoms with Crippen LogP contribution in [0.2, 0.25) is 0 Å². The number of esters is 1. The van der Waals surface area contributed by atoms with Gasteiger partial charge in [-0.1, -0.05) is 35.9 Å². The lowest BCUT2D eigenvalue weighted by Crippen LogP contribution is -2.28. The zero-order chi connectivity index (χ0) is 17.3. The summed E-state index contributed by atoms with van der Waals surface area (Å²) >= 11 is 0. The number of benzene rings is 2. The minimum Gasteiger partial charge on any atom is -0.422 e. The zero-order valence-electron chi connectivity index (χ0n) is 13.8. The molecular weight excluding hydrogens is 304 g/mol. The van der Waals surface area contributed by atoms with Crippen molar-refractivity contribution < 1.29 is 9.53 Å². The van der Waals surface area contributed by atoms with Crippen molar-refractivity contribution in [2.75, 3.05) is 0 Å². The van der Waals surface area contributed by atoms with Crippen LogP contribution in [-0.4, -0.2) is 15.7 Å². The van der Waals surface area contributed by atoms with Crippen molar-refractivity contribution in [1.82, 2.24) is 9.78 Å². The largest absolute Gasteiger partial charge is 0.422 e. The molecule has 0 saturated heterocycles. The Labute approximate surface area is 139 Å². The van der Waals surface area contributed by atoms with Gasteiger partial charge in [0.15, 0.2) is 5.69 Å². The Morgan fingerprint density at radius 3 is 2.29 bits per heavy atom. The summed E-state index contributed by atoms with van der Waals surface area (Å²) in [6, 6.07) is 14.0. The number of hydrogen-bond donors (Lipinski definition) is 0. The molecule has 3 rings (SSSR count). The van der Waals surface area contributed by atoms with E-state index < -0.39 is 5.97 Å². The lowest BCUT2D eigenvalue weighted by atomic mass is 10.1. The van der Waals surface area contributed by atoms with E-state index in [0.29, 0.717) is 16.5 Å². The van der Waals surface area contributed by atoms with Gasteiger partial charge in [0.2, 0.25) is 0 Å². The highest BCUT2D eigenvalue weighted by molar-refractivity contribution is 6.02. The van der Waals surface area contributed by atoms with E-state index >= 15 is 0 Å². The number of hydrogen-bond acceptors (Lipinski definition) is 4. The molecule has 2 aromatic carbocycles. The standard InChI is InChI=1S/C19H18N2O3/c1-12(2)21-18(22)16-7-5-4-6-15(16)17(20-21)19(23)24-14-10-8-13(3)9-11-14/h4-12H,1-3H3. The first-order valence-electron chi connectivity index (χ1n) is 7.78. The number of nitrogens with zero attached hydrogens (tertiary/aromatic N) is 2. The zero-order valence-corrected chi connectivity index (χ0v) is 13.8. The number of carbonyl (C=O) groups is 1. The molecule has 1 heterocycles. The molecule has 0 N–H and O–H groups in total. The molecule has 5 nitrogen and oxygen atoms in total. The van der Waals surface area contributed by atoms with Crippen molar-refractivity contribution in [3.63, 3.8) is 0 Å². The molecule has 0 saturated carbocycles. The summed E-state index contributed by atoms with van der Waals surface area (Å²) in [5.74, 6) is -0.136. The Hall–Kier alpha value is -2.95. The fourth-order valence-corrected chi connectivity index (χ4v) is 2.47. The van der Waals surface area contributed by atoms with Gasteiger partial charge >= 0.3 is 5.97 Å². The lowest BCUT2D eigenvalue weighted by Gasteiger charge is -2.13. The molecule has 0 aliphatic carbocycles. The summed E-state index contributed by atoms with van der Waals surface area (Å²) in [6.07, 6.45) is 0. The van der Waals surface area contributed by atoms with Crippen LogP contribution in [-0.2, 0) is 0 Å². The van der Waals surface area contributed by atoms with Crippen LogP contribution in [0.15, 0.2) is 53.3 Å². The fourth-order valence-electron chi connectivity index (χ4n) is 2.47. The van der Waals surface area contributed by atoms with E-state index in [1.807, 2.05) is 32.9 Å². The minimum atomic E-state index is -0.579. The van der Waals surface area contributed by atoms with Crippen LogP contribution >= 0.6 is 0 Å². The molecule has 0 aliphatic heterocycles. The average molecular weight is 322 g/mol. The third-order valence-electron chi connectivity index (χ3n) is 3.74. The van der Waals surface area contributed by atoms with E-state index in [1.165, 1.54) is 4.68 Å². The summed E-state index contributed by atoms with van der Waals surface area (Å²) in [5, 5.41) is 5.20. The smallest absolute Gasteiger partial charge is 0.364 e. The van der Waals surface area contributed by atoms with Gasteiger partial charge in [0.25, 0.3) is 5.56 Å². The van der Waals surface area contributed by atoms with Crippen LogP contribution < -0.4 is 10.3 Å². The number of carbonyl (C=O) groups excluding carboxylic acids is 1. The Morgan fingerprint density at radius 2 is 1.67 bits per heavy atom. The van der Waals surface area contributed by atoms with Gasteiger partial charge in [-0.25, -0.2) is 9.48 Å². The molecule has 5 heteroatoms. The summed E-state index contributed by atoms with van der Waals surface area (Å²) in [5.41, 5.74) is 0.999. The number of rotatable bonds is 3. The van der Waals surface area contributed by atoms with Crippen LogP contribution in [0, 0.1) is 6.92 Å². The van der Waals surface area contributed by atoms with Gasteiger partial charge in [0.05, 0.1) is 11.4 Å².